The van der Waals surface area contributed by atoms with E-state index in [1.54, 1.807) is 24.3 Å². The van der Waals surface area contributed by atoms with Gasteiger partial charge in [0.05, 0.1) is 16.3 Å². The molecule has 0 aliphatic carbocycles. The van der Waals surface area contributed by atoms with Crippen LogP contribution >= 0.6 is 11.6 Å². The van der Waals surface area contributed by atoms with E-state index in [-0.39, 0.29) is 35.8 Å². The van der Waals surface area contributed by atoms with E-state index in [1.165, 1.54) is 24.3 Å². The van der Waals surface area contributed by atoms with E-state index in [0.29, 0.717) is 16.7 Å². The fourth-order valence-corrected chi connectivity index (χ4v) is 3.64. The summed E-state index contributed by atoms with van der Waals surface area (Å²) in [6, 6.07) is 14.4. The Morgan fingerprint density at radius 2 is 1.81 bits per heavy atom. The molecule has 12 heteroatoms. The number of aromatic nitrogens is 3. The van der Waals surface area contributed by atoms with Crippen LogP contribution in [0.4, 0.5) is 14.5 Å². The summed E-state index contributed by atoms with van der Waals surface area (Å²) in [5.41, 5.74) is -0.511. The van der Waals surface area contributed by atoms with Gasteiger partial charge in [-0.1, -0.05) is 28.9 Å². The Morgan fingerprint density at radius 3 is 2.54 bits per heavy atom. The lowest BCUT2D eigenvalue weighted by Gasteiger charge is -2.14. The van der Waals surface area contributed by atoms with Crippen molar-refractivity contribution >= 4 is 40.1 Å². The topological polar surface area (TPSA) is 123 Å². The molecule has 0 unspecified atom stereocenters. The first kappa shape index (κ1) is 25.7. The molecule has 4 rings (SSSR count). The minimum Gasteiger partial charge on any atom is -0.493 e. The molecule has 0 fully saturated rings. The van der Waals surface area contributed by atoms with Gasteiger partial charge in [-0.25, -0.2) is 13.5 Å². The van der Waals surface area contributed by atoms with Crippen molar-refractivity contribution in [1.82, 2.24) is 15.0 Å². The Bertz CT molecular complexity index is 1530. The summed E-state index contributed by atoms with van der Waals surface area (Å²) in [6.45, 7) is -0.172. The number of nitrogens with one attached hydrogen (secondary N) is 1. The largest absolute Gasteiger partial charge is 0.493 e. The zero-order chi connectivity index (χ0) is 26.5. The van der Waals surface area contributed by atoms with Gasteiger partial charge in [0.25, 0.3) is 11.5 Å². The van der Waals surface area contributed by atoms with Gasteiger partial charge in [-0.15, -0.1) is 5.10 Å². The Balaban J connectivity index is 1.36. The second kappa shape index (κ2) is 11.1. The van der Waals surface area contributed by atoms with Crippen LogP contribution in [0.25, 0.3) is 10.9 Å². The van der Waals surface area contributed by atoms with E-state index in [2.05, 4.69) is 15.6 Å². The molecule has 0 spiro atoms. The van der Waals surface area contributed by atoms with Crippen molar-refractivity contribution in [2.45, 2.75) is 13.0 Å². The van der Waals surface area contributed by atoms with Gasteiger partial charge in [0.1, 0.15) is 29.3 Å². The molecule has 0 aliphatic heterocycles. The first-order valence-corrected chi connectivity index (χ1v) is 11.4. The van der Waals surface area contributed by atoms with Crippen LogP contribution in [0.5, 0.6) is 5.75 Å². The summed E-state index contributed by atoms with van der Waals surface area (Å²) in [6.07, 6.45) is 0.0627. The number of carboxylic acid groups (broad SMARTS) is 1. The number of carbonyl (C=O) groups excluding carboxylic acids is 1. The number of ether oxygens (including phenoxy) is 1. The molecule has 2 N–H and O–H groups in total. The molecular weight excluding hydrogens is 510 g/mol. The summed E-state index contributed by atoms with van der Waals surface area (Å²) < 4.78 is 34.6. The first-order valence-electron chi connectivity index (χ1n) is 11.0. The third-order valence-corrected chi connectivity index (χ3v) is 5.79. The molecule has 4 aromatic rings. The van der Waals surface area contributed by atoms with Crippen molar-refractivity contribution in [3.8, 4) is 5.75 Å². The van der Waals surface area contributed by atoms with Crippen LogP contribution in [0.15, 0.2) is 65.5 Å². The Hall–Kier alpha value is -4.38. The van der Waals surface area contributed by atoms with Crippen molar-refractivity contribution in [1.29, 1.82) is 0 Å². The lowest BCUT2D eigenvalue weighted by Crippen LogP contribution is -2.28. The van der Waals surface area contributed by atoms with Crippen LogP contribution in [0.3, 0.4) is 0 Å². The third kappa shape index (κ3) is 5.89. The maximum Gasteiger partial charge on any atom is 0.310 e. The normalized spacial score (nSPS) is 11.8. The molecule has 1 amide bonds. The fourth-order valence-electron chi connectivity index (χ4n) is 3.49. The lowest BCUT2D eigenvalue weighted by atomic mass is 10.1. The standard InChI is InChI=1S/C25H19ClF2N4O5/c26-18-9-10-19(27)21(22(18)28)23(33)29-15-5-7-16(8-6-15)37-13-14(25(35)36)11-12-32-24(34)17-3-1-2-4-20(17)30-31-32/h1-10,14H,11-13H2,(H,29,33)(H,35,36)/t14-/m0/s1. The first-order chi connectivity index (χ1) is 17.7. The summed E-state index contributed by atoms with van der Waals surface area (Å²) in [7, 11) is 0. The highest BCUT2D eigenvalue weighted by Crippen LogP contribution is 2.23. The number of rotatable bonds is 9. The Kier molecular flexibility index (Phi) is 7.73. The zero-order valence-electron chi connectivity index (χ0n) is 19.0. The van der Waals surface area contributed by atoms with Crippen LogP contribution in [0.2, 0.25) is 5.02 Å². The third-order valence-electron chi connectivity index (χ3n) is 5.50. The predicted molar refractivity (Wildman–Crippen MR) is 131 cm³/mol. The number of aryl methyl sites for hydroxylation is 1. The molecule has 190 valence electrons. The van der Waals surface area contributed by atoms with Gasteiger partial charge in [-0.3, -0.25) is 14.4 Å². The number of aliphatic carboxylic acids is 1. The van der Waals surface area contributed by atoms with Crippen LogP contribution in [-0.2, 0) is 11.3 Å². The van der Waals surface area contributed by atoms with Crippen LogP contribution in [0.1, 0.15) is 16.8 Å². The molecule has 37 heavy (non-hydrogen) atoms. The second-order valence-corrected chi connectivity index (χ2v) is 8.37. The van der Waals surface area contributed by atoms with Gasteiger partial charge >= 0.3 is 5.97 Å². The van der Waals surface area contributed by atoms with Crippen LogP contribution in [0, 0.1) is 17.6 Å². The number of hydrogen-bond donors (Lipinski definition) is 2. The molecule has 1 heterocycles. The van der Waals surface area contributed by atoms with Crippen molar-refractivity contribution in [3.05, 3.63) is 93.2 Å². The average Bonchev–Trinajstić information content (AvgIpc) is 2.88. The van der Waals surface area contributed by atoms with E-state index < -0.39 is 35.0 Å². The summed E-state index contributed by atoms with van der Waals surface area (Å²) in [4.78, 5) is 36.5. The fraction of sp³-hybridized carbons (Fsp3) is 0.160. The monoisotopic (exact) mass is 528 g/mol. The van der Waals surface area contributed by atoms with Gasteiger partial charge < -0.3 is 15.2 Å². The zero-order valence-corrected chi connectivity index (χ0v) is 19.8. The van der Waals surface area contributed by atoms with Gasteiger partial charge in [-0.05, 0) is 55.0 Å². The van der Waals surface area contributed by atoms with Gasteiger partial charge in [-0.2, -0.15) is 0 Å². The highest BCUT2D eigenvalue weighted by molar-refractivity contribution is 6.31. The summed E-state index contributed by atoms with van der Waals surface area (Å²) in [5.74, 6) is -5.02. The highest BCUT2D eigenvalue weighted by Gasteiger charge is 2.21. The van der Waals surface area contributed by atoms with Gasteiger partial charge in [0.15, 0.2) is 5.82 Å². The van der Waals surface area contributed by atoms with Crippen molar-refractivity contribution in [2.24, 2.45) is 5.92 Å². The number of carbonyl (C=O) groups is 2. The quantitative estimate of drug-likeness (QED) is 0.313. The molecular formula is C25H19ClF2N4O5. The number of anilines is 1. The number of carboxylic acids is 1. The summed E-state index contributed by atoms with van der Waals surface area (Å²) in [5, 5.41) is 19.8. The number of halogens is 3. The van der Waals surface area contributed by atoms with Crippen molar-refractivity contribution in [3.63, 3.8) is 0 Å². The molecule has 1 atom stereocenters. The molecule has 0 bridgehead atoms. The van der Waals surface area contributed by atoms with E-state index in [1.807, 2.05) is 0 Å². The van der Waals surface area contributed by atoms with Crippen molar-refractivity contribution < 1.29 is 28.2 Å². The SMILES string of the molecule is O=C(Nc1ccc(OC[C@H](CCn2nnc3ccccc3c2=O)C(=O)O)cc1)c1c(F)ccc(Cl)c1F. The van der Waals surface area contributed by atoms with E-state index in [9.17, 15) is 28.3 Å². The minimum absolute atomic E-state index is 0.0264. The molecule has 1 aromatic heterocycles. The molecule has 0 aliphatic rings. The second-order valence-electron chi connectivity index (χ2n) is 7.97. The van der Waals surface area contributed by atoms with Gasteiger partial charge in [0.2, 0.25) is 0 Å². The Labute approximate surface area is 213 Å². The maximum absolute atomic E-state index is 14.1. The van der Waals surface area contributed by atoms with E-state index in [0.717, 1.165) is 16.8 Å². The van der Waals surface area contributed by atoms with Crippen LogP contribution < -0.4 is 15.6 Å². The average molecular weight is 529 g/mol. The number of benzene rings is 3. The summed E-state index contributed by atoms with van der Waals surface area (Å²) >= 11 is 5.62. The van der Waals surface area contributed by atoms with Gasteiger partial charge in [0, 0.05) is 12.2 Å². The number of amides is 1. The number of fused-ring (bicyclic) bond motifs is 1. The van der Waals surface area contributed by atoms with Crippen LogP contribution in [-0.4, -0.2) is 38.6 Å². The maximum atomic E-state index is 14.1. The highest BCUT2D eigenvalue weighted by atomic mass is 35.5. The predicted octanol–water partition coefficient (Wildman–Crippen LogP) is 4.15. The van der Waals surface area contributed by atoms with E-state index >= 15 is 0 Å². The molecule has 0 saturated heterocycles. The number of hydrogen-bond acceptors (Lipinski definition) is 6. The molecule has 0 saturated carbocycles. The van der Waals surface area contributed by atoms with Crippen molar-refractivity contribution in [2.75, 3.05) is 11.9 Å². The minimum atomic E-state index is -1.17. The molecule has 3 aromatic carbocycles. The molecule has 9 nitrogen and oxygen atoms in total. The molecule has 0 radical (unpaired) electrons. The number of nitrogens with zero attached hydrogens (tertiary/aromatic N) is 3. The lowest BCUT2D eigenvalue weighted by molar-refractivity contribution is -0.143. The smallest absolute Gasteiger partial charge is 0.310 e. The van der Waals surface area contributed by atoms with E-state index in [4.69, 9.17) is 16.3 Å². The Morgan fingerprint density at radius 1 is 1.08 bits per heavy atom.